The summed E-state index contributed by atoms with van der Waals surface area (Å²) in [4.78, 5) is 11.8. The van der Waals surface area contributed by atoms with E-state index in [1.54, 1.807) is 0 Å². The molecule has 0 aromatic rings. The number of esters is 1. The Bertz CT molecular complexity index is 409. The van der Waals surface area contributed by atoms with Crippen molar-refractivity contribution in [2.75, 3.05) is 6.61 Å². The van der Waals surface area contributed by atoms with Crippen LogP contribution in [0, 0.1) is 22.2 Å². The molecule has 1 unspecified atom stereocenters. The van der Waals surface area contributed by atoms with Crippen molar-refractivity contribution < 1.29 is 9.53 Å². The molecule has 1 spiro atoms. The molecular formula is C15H22O2. The van der Waals surface area contributed by atoms with Gasteiger partial charge < -0.3 is 4.74 Å². The van der Waals surface area contributed by atoms with Gasteiger partial charge >= 0.3 is 5.97 Å². The van der Waals surface area contributed by atoms with Crippen LogP contribution in [0.3, 0.4) is 0 Å². The zero-order valence-corrected chi connectivity index (χ0v) is 11.1. The molecule has 3 rings (SSSR count). The van der Waals surface area contributed by atoms with Crippen LogP contribution in [-0.4, -0.2) is 12.6 Å². The lowest BCUT2D eigenvalue weighted by atomic mass is 9.59. The van der Waals surface area contributed by atoms with Gasteiger partial charge in [-0.2, -0.15) is 0 Å². The van der Waals surface area contributed by atoms with E-state index in [1.807, 2.05) is 0 Å². The van der Waals surface area contributed by atoms with Crippen molar-refractivity contribution in [3.05, 3.63) is 12.2 Å². The Morgan fingerprint density at radius 2 is 2.06 bits per heavy atom. The van der Waals surface area contributed by atoms with Gasteiger partial charge in [-0.3, -0.25) is 4.79 Å². The maximum atomic E-state index is 11.8. The van der Waals surface area contributed by atoms with Gasteiger partial charge in [-0.05, 0) is 30.6 Å². The van der Waals surface area contributed by atoms with Gasteiger partial charge in [0.25, 0.3) is 0 Å². The first-order valence-electron chi connectivity index (χ1n) is 6.66. The van der Waals surface area contributed by atoms with Crippen LogP contribution < -0.4 is 0 Å². The molecule has 0 aromatic carbocycles. The summed E-state index contributed by atoms with van der Waals surface area (Å²) < 4.78 is 5.36. The Morgan fingerprint density at radius 3 is 2.76 bits per heavy atom. The topological polar surface area (TPSA) is 26.3 Å². The lowest BCUT2D eigenvalue weighted by Gasteiger charge is -2.47. The molecule has 3 aliphatic rings. The summed E-state index contributed by atoms with van der Waals surface area (Å²) in [6.45, 7) is 11.9. The fourth-order valence-electron chi connectivity index (χ4n) is 5.39. The van der Waals surface area contributed by atoms with Gasteiger partial charge in [0.05, 0.1) is 13.0 Å². The van der Waals surface area contributed by atoms with E-state index in [4.69, 9.17) is 4.74 Å². The molecule has 2 heteroatoms. The van der Waals surface area contributed by atoms with E-state index in [-0.39, 0.29) is 16.8 Å². The lowest BCUT2D eigenvalue weighted by molar-refractivity contribution is -0.164. The summed E-state index contributed by atoms with van der Waals surface area (Å²) >= 11 is 0. The molecule has 1 saturated heterocycles. The average Bonchev–Trinajstić information content (AvgIpc) is 2.61. The second-order valence-electron chi connectivity index (χ2n) is 7.23. The Kier molecular flexibility index (Phi) is 1.97. The van der Waals surface area contributed by atoms with E-state index in [0.717, 1.165) is 12.8 Å². The van der Waals surface area contributed by atoms with Crippen molar-refractivity contribution in [1.82, 2.24) is 0 Å². The number of allylic oxidation sites excluding steroid dienone is 1. The van der Waals surface area contributed by atoms with Gasteiger partial charge in [0, 0.05) is 10.8 Å². The number of carbonyl (C=O) groups excluding carboxylic acids is 1. The van der Waals surface area contributed by atoms with E-state index in [2.05, 4.69) is 27.4 Å². The number of hydrogen-bond acceptors (Lipinski definition) is 2. The van der Waals surface area contributed by atoms with Crippen molar-refractivity contribution in [2.24, 2.45) is 22.2 Å². The standard InChI is InChI=1S/C15H22O2/c1-10-5-6-11-13(2,3)8-14(4)9-17-12(16)7-15(10,11)14/h11H,1,5-9H2,2-4H3/t11-,14-,15?/m1/s1. The summed E-state index contributed by atoms with van der Waals surface area (Å²) in [7, 11) is 0. The molecule has 1 heterocycles. The minimum Gasteiger partial charge on any atom is -0.465 e. The molecule has 0 aromatic heterocycles. The van der Waals surface area contributed by atoms with Gasteiger partial charge in [0.1, 0.15) is 0 Å². The summed E-state index contributed by atoms with van der Waals surface area (Å²) in [5.74, 6) is 0.591. The predicted molar refractivity (Wildman–Crippen MR) is 66.4 cm³/mol. The van der Waals surface area contributed by atoms with Gasteiger partial charge in [0.15, 0.2) is 0 Å². The van der Waals surface area contributed by atoms with E-state index in [1.165, 1.54) is 12.0 Å². The second kappa shape index (κ2) is 2.96. The van der Waals surface area contributed by atoms with Crippen LogP contribution in [0.1, 0.15) is 46.5 Å². The minimum atomic E-state index is -0.0202. The molecule has 0 N–H and O–H groups in total. The summed E-state index contributed by atoms with van der Waals surface area (Å²) in [6, 6.07) is 0. The summed E-state index contributed by atoms with van der Waals surface area (Å²) in [5, 5.41) is 0. The molecule has 17 heavy (non-hydrogen) atoms. The van der Waals surface area contributed by atoms with Crippen molar-refractivity contribution in [3.8, 4) is 0 Å². The molecule has 2 aliphatic carbocycles. The Hall–Kier alpha value is -0.790. The zero-order chi connectivity index (χ0) is 12.5. The third kappa shape index (κ3) is 1.14. The molecule has 3 atom stereocenters. The first kappa shape index (κ1) is 11.3. The monoisotopic (exact) mass is 234 g/mol. The number of hydrogen-bond donors (Lipinski definition) is 0. The molecule has 0 radical (unpaired) electrons. The first-order chi connectivity index (χ1) is 7.82. The van der Waals surface area contributed by atoms with Crippen LogP contribution in [0.5, 0.6) is 0 Å². The van der Waals surface area contributed by atoms with Crippen molar-refractivity contribution in [3.63, 3.8) is 0 Å². The number of rotatable bonds is 0. The van der Waals surface area contributed by atoms with Crippen LogP contribution in [0.15, 0.2) is 12.2 Å². The zero-order valence-electron chi connectivity index (χ0n) is 11.1. The van der Waals surface area contributed by atoms with Gasteiger partial charge in [-0.15, -0.1) is 0 Å². The number of cyclic esters (lactones) is 1. The Labute approximate surface area is 103 Å². The van der Waals surface area contributed by atoms with E-state index in [9.17, 15) is 4.79 Å². The molecule has 1 aliphatic heterocycles. The van der Waals surface area contributed by atoms with Crippen LogP contribution in [0.4, 0.5) is 0 Å². The summed E-state index contributed by atoms with van der Waals surface area (Å²) in [6.07, 6.45) is 4.01. The molecule has 3 fully saturated rings. The van der Waals surface area contributed by atoms with Gasteiger partial charge in [0.2, 0.25) is 0 Å². The molecule has 0 bridgehead atoms. The van der Waals surface area contributed by atoms with Crippen LogP contribution in [0.2, 0.25) is 0 Å². The molecule has 2 saturated carbocycles. The highest BCUT2D eigenvalue weighted by atomic mass is 16.5. The largest absolute Gasteiger partial charge is 0.465 e. The Morgan fingerprint density at radius 1 is 1.35 bits per heavy atom. The first-order valence-corrected chi connectivity index (χ1v) is 6.66. The van der Waals surface area contributed by atoms with Crippen LogP contribution in [-0.2, 0) is 9.53 Å². The van der Waals surface area contributed by atoms with Crippen LogP contribution >= 0.6 is 0 Å². The number of ether oxygens (including phenoxy) is 1. The maximum absolute atomic E-state index is 11.8. The minimum absolute atomic E-state index is 0.0202. The third-order valence-corrected chi connectivity index (χ3v) is 5.80. The molecule has 2 nitrogen and oxygen atoms in total. The fraction of sp³-hybridized carbons (Fsp3) is 0.800. The molecular weight excluding hydrogens is 212 g/mol. The van der Waals surface area contributed by atoms with E-state index >= 15 is 0 Å². The van der Waals surface area contributed by atoms with Gasteiger partial charge in [-0.1, -0.05) is 32.9 Å². The van der Waals surface area contributed by atoms with Crippen molar-refractivity contribution in [1.29, 1.82) is 0 Å². The third-order valence-electron chi connectivity index (χ3n) is 5.80. The van der Waals surface area contributed by atoms with Crippen molar-refractivity contribution >= 4 is 5.97 Å². The highest BCUT2D eigenvalue weighted by Crippen LogP contribution is 2.74. The predicted octanol–water partition coefficient (Wildman–Crippen LogP) is 3.32. The van der Waals surface area contributed by atoms with E-state index < -0.39 is 0 Å². The van der Waals surface area contributed by atoms with Crippen molar-refractivity contribution in [2.45, 2.75) is 46.5 Å². The second-order valence-corrected chi connectivity index (χ2v) is 7.23. The van der Waals surface area contributed by atoms with E-state index in [0.29, 0.717) is 24.4 Å². The average molecular weight is 234 g/mol. The normalized spacial score (nSPS) is 47.6. The summed E-state index contributed by atoms with van der Waals surface area (Å²) in [5.41, 5.74) is 1.77. The van der Waals surface area contributed by atoms with Gasteiger partial charge in [-0.25, -0.2) is 0 Å². The quantitative estimate of drug-likeness (QED) is 0.475. The SMILES string of the molecule is C=C1CC[C@@H]2C(C)(C)C[C@]3(C)COC(=O)CC123. The smallest absolute Gasteiger partial charge is 0.306 e. The molecule has 94 valence electrons. The maximum Gasteiger partial charge on any atom is 0.306 e. The lowest BCUT2D eigenvalue weighted by Crippen LogP contribution is -2.47. The van der Waals surface area contributed by atoms with Crippen LogP contribution in [0.25, 0.3) is 0 Å². The highest BCUT2D eigenvalue weighted by Gasteiger charge is 2.69. The highest BCUT2D eigenvalue weighted by molar-refractivity contribution is 5.73. The Balaban J connectivity index is 2.16. The number of carbonyl (C=O) groups is 1. The fourth-order valence-corrected chi connectivity index (χ4v) is 5.39. The molecule has 0 amide bonds.